The van der Waals surface area contributed by atoms with Crippen LogP contribution in [0.3, 0.4) is 0 Å². The molecule has 0 radical (unpaired) electrons. The number of aromatic hydroxyl groups is 1. The van der Waals surface area contributed by atoms with Gasteiger partial charge in [0.15, 0.2) is 0 Å². The summed E-state index contributed by atoms with van der Waals surface area (Å²) in [5.41, 5.74) is 0.983. The Morgan fingerprint density at radius 1 is 1.00 bits per heavy atom. The first kappa shape index (κ1) is 12.9. The molecule has 0 spiro atoms. The van der Waals surface area contributed by atoms with Crippen molar-refractivity contribution in [3.8, 4) is 5.75 Å². The van der Waals surface area contributed by atoms with Crippen LogP contribution in [0, 0.1) is 0 Å². The van der Waals surface area contributed by atoms with Crippen molar-refractivity contribution in [3.05, 3.63) is 42.0 Å². The monoisotopic (exact) mass is 266 g/mol. The Morgan fingerprint density at radius 2 is 1.72 bits per heavy atom. The Bertz CT molecular complexity index is 662. The van der Waals surface area contributed by atoms with Crippen LogP contribution in [-0.4, -0.2) is 23.8 Å². The molecule has 96 valence electrons. The molecule has 0 heterocycles. The van der Waals surface area contributed by atoms with Crippen molar-refractivity contribution >= 4 is 20.9 Å². The Hall–Kier alpha value is -1.59. The first-order valence-electron chi connectivity index (χ1n) is 5.61. The molecule has 2 rings (SSSR count). The summed E-state index contributed by atoms with van der Waals surface area (Å²) in [6.07, 6.45) is 0.953. The number of benzene rings is 2. The van der Waals surface area contributed by atoms with Crippen LogP contribution in [0.1, 0.15) is 12.0 Å². The largest absolute Gasteiger partial charge is 0.508 e. The molecule has 2 aromatic rings. The predicted molar refractivity (Wildman–Crippen MR) is 70.3 cm³/mol. The highest BCUT2D eigenvalue weighted by atomic mass is 32.2. The van der Waals surface area contributed by atoms with Crippen molar-refractivity contribution in [3.63, 3.8) is 0 Å². The fraction of sp³-hybridized carbons (Fsp3) is 0.231. The van der Waals surface area contributed by atoms with Crippen molar-refractivity contribution in [2.75, 3.05) is 5.75 Å². The number of phenolic OH excluding ortho intramolecular Hbond substituents is 1. The lowest BCUT2D eigenvalue weighted by Gasteiger charge is -2.04. The molecule has 0 aliphatic rings. The van der Waals surface area contributed by atoms with Crippen LogP contribution in [0.5, 0.6) is 5.75 Å². The zero-order valence-electron chi connectivity index (χ0n) is 9.70. The van der Waals surface area contributed by atoms with E-state index in [2.05, 4.69) is 0 Å². The third-order valence-corrected chi connectivity index (χ3v) is 3.56. The number of rotatable bonds is 4. The minimum absolute atomic E-state index is 0.206. The fourth-order valence-electron chi connectivity index (χ4n) is 1.90. The summed E-state index contributed by atoms with van der Waals surface area (Å²) in [4.78, 5) is 0. The third kappa shape index (κ3) is 3.45. The number of fused-ring (bicyclic) bond motifs is 1. The molecule has 2 aromatic carbocycles. The van der Waals surface area contributed by atoms with Gasteiger partial charge in [0.2, 0.25) is 0 Å². The molecular formula is C13H14O4S. The van der Waals surface area contributed by atoms with E-state index in [0.29, 0.717) is 12.8 Å². The normalized spacial score (nSPS) is 11.8. The van der Waals surface area contributed by atoms with Gasteiger partial charge in [-0.3, -0.25) is 4.55 Å². The maximum Gasteiger partial charge on any atom is 0.264 e. The summed E-state index contributed by atoms with van der Waals surface area (Å²) in [7, 11) is -3.88. The zero-order valence-corrected chi connectivity index (χ0v) is 10.5. The molecule has 0 aromatic heterocycles. The molecule has 0 aliphatic heterocycles. The molecule has 2 N–H and O–H groups in total. The summed E-state index contributed by atoms with van der Waals surface area (Å²) in [6, 6.07) is 10.9. The smallest absolute Gasteiger partial charge is 0.264 e. The molecule has 18 heavy (non-hydrogen) atoms. The number of hydrogen-bond donors (Lipinski definition) is 2. The van der Waals surface area contributed by atoms with Gasteiger partial charge in [0.25, 0.3) is 10.1 Å². The highest BCUT2D eigenvalue weighted by molar-refractivity contribution is 7.85. The molecule has 4 nitrogen and oxygen atoms in total. The zero-order chi connectivity index (χ0) is 13.2. The van der Waals surface area contributed by atoms with E-state index < -0.39 is 10.1 Å². The maximum absolute atomic E-state index is 10.6. The van der Waals surface area contributed by atoms with E-state index in [4.69, 9.17) is 4.55 Å². The van der Waals surface area contributed by atoms with Crippen LogP contribution in [0.2, 0.25) is 0 Å². The standard InChI is InChI=1S/C13H14O4S/c14-13-6-5-11-4-3-10(8-12(11)9-13)2-1-7-18(15,16)17/h3-6,8-9,14H,1-2,7H2,(H,15,16,17). The number of aryl methyl sites for hydroxylation is 1. The van der Waals surface area contributed by atoms with Crippen LogP contribution in [0.15, 0.2) is 36.4 Å². The topological polar surface area (TPSA) is 74.6 Å². The summed E-state index contributed by atoms with van der Waals surface area (Å²) >= 11 is 0. The SMILES string of the molecule is O=S(=O)(O)CCCc1ccc2ccc(O)cc2c1. The van der Waals surface area contributed by atoms with Crippen molar-refractivity contribution in [1.29, 1.82) is 0 Å². The first-order chi connectivity index (χ1) is 8.44. The van der Waals surface area contributed by atoms with E-state index in [0.717, 1.165) is 16.3 Å². The molecule has 0 atom stereocenters. The van der Waals surface area contributed by atoms with E-state index in [-0.39, 0.29) is 11.5 Å². The van der Waals surface area contributed by atoms with Gasteiger partial charge in [-0.25, -0.2) is 0 Å². The van der Waals surface area contributed by atoms with Gasteiger partial charge in [0.05, 0.1) is 5.75 Å². The van der Waals surface area contributed by atoms with Crippen LogP contribution in [-0.2, 0) is 16.5 Å². The highest BCUT2D eigenvalue weighted by Gasteiger charge is 2.04. The van der Waals surface area contributed by atoms with Gasteiger partial charge in [-0.15, -0.1) is 0 Å². The van der Waals surface area contributed by atoms with Gasteiger partial charge in [0, 0.05) is 0 Å². The van der Waals surface area contributed by atoms with Gasteiger partial charge in [-0.2, -0.15) is 8.42 Å². The van der Waals surface area contributed by atoms with Crippen molar-refractivity contribution in [2.45, 2.75) is 12.8 Å². The average Bonchev–Trinajstić information content (AvgIpc) is 2.26. The molecule has 0 unspecified atom stereocenters. The van der Waals surface area contributed by atoms with Gasteiger partial charge in [-0.1, -0.05) is 24.3 Å². The summed E-state index contributed by atoms with van der Waals surface area (Å²) in [5, 5.41) is 11.3. The Kier molecular flexibility index (Phi) is 3.54. The van der Waals surface area contributed by atoms with Crippen molar-refractivity contribution in [1.82, 2.24) is 0 Å². The number of hydrogen-bond acceptors (Lipinski definition) is 3. The second-order valence-electron chi connectivity index (χ2n) is 4.26. The lowest BCUT2D eigenvalue weighted by molar-refractivity contribution is 0.476. The molecule has 0 aliphatic carbocycles. The van der Waals surface area contributed by atoms with E-state index in [1.54, 1.807) is 12.1 Å². The fourth-order valence-corrected chi connectivity index (χ4v) is 2.41. The molecule has 5 heteroatoms. The highest BCUT2D eigenvalue weighted by Crippen LogP contribution is 2.21. The lowest BCUT2D eigenvalue weighted by atomic mass is 10.0. The summed E-state index contributed by atoms with van der Waals surface area (Å²) in [6.45, 7) is 0. The van der Waals surface area contributed by atoms with Crippen molar-refractivity contribution in [2.24, 2.45) is 0 Å². The van der Waals surface area contributed by atoms with Gasteiger partial charge < -0.3 is 5.11 Å². The lowest BCUT2D eigenvalue weighted by Crippen LogP contribution is -2.04. The molecule has 0 saturated heterocycles. The Morgan fingerprint density at radius 3 is 2.44 bits per heavy atom. The Balaban J connectivity index is 2.14. The predicted octanol–water partition coefficient (Wildman–Crippen LogP) is 2.37. The quantitative estimate of drug-likeness (QED) is 0.833. The minimum Gasteiger partial charge on any atom is -0.508 e. The second kappa shape index (κ2) is 4.96. The van der Waals surface area contributed by atoms with Crippen LogP contribution >= 0.6 is 0 Å². The van der Waals surface area contributed by atoms with E-state index in [1.807, 2.05) is 24.3 Å². The first-order valence-corrected chi connectivity index (χ1v) is 7.22. The Labute approximate surface area is 106 Å². The van der Waals surface area contributed by atoms with Gasteiger partial charge >= 0.3 is 0 Å². The van der Waals surface area contributed by atoms with E-state index in [9.17, 15) is 13.5 Å². The van der Waals surface area contributed by atoms with Gasteiger partial charge in [0.1, 0.15) is 5.75 Å². The average molecular weight is 266 g/mol. The minimum atomic E-state index is -3.88. The van der Waals surface area contributed by atoms with E-state index >= 15 is 0 Å². The van der Waals surface area contributed by atoms with Gasteiger partial charge in [-0.05, 0) is 41.3 Å². The maximum atomic E-state index is 10.6. The van der Waals surface area contributed by atoms with Crippen molar-refractivity contribution < 1.29 is 18.1 Å². The third-order valence-electron chi connectivity index (χ3n) is 2.76. The molecule has 0 bridgehead atoms. The number of phenols is 1. The van der Waals surface area contributed by atoms with Crippen LogP contribution in [0.25, 0.3) is 10.8 Å². The van der Waals surface area contributed by atoms with E-state index in [1.165, 1.54) is 0 Å². The summed E-state index contributed by atoms with van der Waals surface area (Å²) < 4.78 is 29.8. The summed E-state index contributed by atoms with van der Waals surface area (Å²) in [5.74, 6) is -0.0250. The molecule has 0 amide bonds. The van der Waals surface area contributed by atoms with Crippen LogP contribution < -0.4 is 0 Å². The molecule has 0 saturated carbocycles. The molecular weight excluding hydrogens is 252 g/mol. The molecule has 0 fully saturated rings. The second-order valence-corrected chi connectivity index (χ2v) is 5.83. The van der Waals surface area contributed by atoms with Crippen LogP contribution in [0.4, 0.5) is 0 Å².